The Balaban J connectivity index is 1.46. The van der Waals surface area contributed by atoms with Crippen LogP contribution in [0.3, 0.4) is 0 Å². The second-order valence-electron chi connectivity index (χ2n) is 6.04. The average Bonchev–Trinajstić information content (AvgIpc) is 3.19. The number of hydrogen-bond donors (Lipinski definition) is 2. The van der Waals surface area contributed by atoms with Gasteiger partial charge in [-0.15, -0.1) is 11.3 Å². The molecule has 1 heterocycles. The van der Waals surface area contributed by atoms with Crippen molar-refractivity contribution < 1.29 is 22.3 Å². The lowest BCUT2D eigenvalue weighted by atomic mass is 10.2. The summed E-state index contributed by atoms with van der Waals surface area (Å²) in [6.45, 7) is 0.158. The van der Waals surface area contributed by atoms with Gasteiger partial charge in [-0.3, -0.25) is 9.52 Å². The van der Waals surface area contributed by atoms with E-state index in [1.807, 2.05) is 0 Å². The third-order valence-electron chi connectivity index (χ3n) is 3.80. The predicted octanol–water partition coefficient (Wildman–Crippen LogP) is 4.53. The molecule has 3 aromatic rings. The van der Waals surface area contributed by atoms with Gasteiger partial charge in [0, 0.05) is 28.7 Å². The van der Waals surface area contributed by atoms with E-state index in [2.05, 4.69) is 15.0 Å². The van der Waals surface area contributed by atoms with Gasteiger partial charge in [0.2, 0.25) is 5.91 Å². The van der Waals surface area contributed by atoms with Crippen LogP contribution in [0.5, 0.6) is 5.75 Å². The minimum atomic E-state index is -3.75. The Labute approximate surface area is 181 Å². The number of anilines is 2. The summed E-state index contributed by atoms with van der Waals surface area (Å²) in [5.41, 5.74) is 0.456. The highest BCUT2D eigenvalue weighted by Crippen LogP contribution is 2.22. The zero-order valence-corrected chi connectivity index (χ0v) is 17.9. The summed E-state index contributed by atoms with van der Waals surface area (Å²) in [5, 5.41) is 4.88. The van der Waals surface area contributed by atoms with Gasteiger partial charge in [0.1, 0.15) is 0 Å². The number of halogens is 2. The van der Waals surface area contributed by atoms with Crippen molar-refractivity contribution in [2.45, 2.75) is 17.7 Å². The highest BCUT2D eigenvalue weighted by molar-refractivity contribution is 7.93. The maximum atomic E-state index is 13.6. The van der Waals surface area contributed by atoms with E-state index in [-0.39, 0.29) is 39.7 Å². The van der Waals surface area contributed by atoms with Crippen LogP contribution in [0.15, 0.2) is 58.9 Å². The zero-order valence-electron chi connectivity index (χ0n) is 15.5. The number of aromatic nitrogens is 1. The van der Waals surface area contributed by atoms with Crippen molar-refractivity contribution in [1.29, 1.82) is 0 Å². The Hall–Kier alpha value is -2.69. The first-order chi connectivity index (χ1) is 14.3. The van der Waals surface area contributed by atoms with Crippen LogP contribution >= 0.6 is 22.9 Å². The molecule has 30 heavy (non-hydrogen) atoms. The van der Waals surface area contributed by atoms with E-state index < -0.39 is 15.8 Å². The number of thiazole rings is 1. The number of nitrogens with one attached hydrogen (secondary N) is 2. The van der Waals surface area contributed by atoms with Gasteiger partial charge in [-0.25, -0.2) is 17.8 Å². The lowest BCUT2D eigenvalue weighted by Crippen LogP contribution is -2.14. The normalized spacial score (nSPS) is 11.1. The molecule has 0 atom stereocenters. The number of carbonyl (C=O) groups excluding carboxylic acids is 1. The molecule has 0 aliphatic rings. The number of benzene rings is 2. The molecule has 0 radical (unpaired) electrons. The van der Waals surface area contributed by atoms with Crippen LogP contribution < -0.4 is 14.8 Å². The third kappa shape index (κ3) is 6.15. The molecular weight excluding hydrogens is 453 g/mol. The van der Waals surface area contributed by atoms with Crippen LogP contribution in [-0.2, 0) is 14.8 Å². The largest absolute Gasteiger partial charge is 0.491 e. The summed E-state index contributed by atoms with van der Waals surface area (Å²) in [4.78, 5) is 16.0. The van der Waals surface area contributed by atoms with Gasteiger partial charge in [0.25, 0.3) is 10.0 Å². The lowest BCUT2D eigenvalue weighted by molar-refractivity contribution is -0.116. The molecule has 1 aromatic heterocycles. The van der Waals surface area contributed by atoms with Crippen molar-refractivity contribution in [3.8, 4) is 5.75 Å². The van der Waals surface area contributed by atoms with Gasteiger partial charge in [-0.1, -0.05) is 11.6 Å². The molecule has 7 nitrogen and oxygen atoms in total. The number of carbonyl (C=O) groups is 1. The Morgan fingerprint density at radius 1 is 1.20 bits per heavy atom. The number of nitrogens with zero attached hydrogens (tertiary/aromatic N) is 1. The van der Waals surface area contributed by atoms with E-state index in [4.69, 9.17) is 16.3 Å². The van der Waals surface area contributed by atoms with Crippen molar-refractivity contribution in [3.63, 3.8) is 0 Å². The molecule has 2 N–H and O–H groups in total. The van der Waals surface area contributed by atoms with E-state index >= 15 is 0 Å². The van der Waals surface area contributed by atoms with Crippen molar-refractivity contribution in [2.75, 3.05) is 16.6 Å². The number of rotatable bonds is 9. The molecule has 0 aliphatic heterocycles. The fourth-order valence-corrected chi connectivity index (χ4v) is 4.34. The van der Waals surface area contributed by atoms with Gasteiger partial charge >= 0.3 is 0 Å². The molecular formula is C19H17ClFN3O4S2. The third-order valence-corrected chi connectivity index (χ3v) is 6.21. The molecule has 0 saturated carbocycles. The molecule has 0 unspecified atom stereocenters. The van der Waals surface area contributed by atoms with Crippen LogP contribution in [0.4, 0.5) is 15.2 Å². The molecule has 3 rings (SSSR count). The summed E-state index contributed by atoms with van der Waals surface area (Å²) in [7, 11) is -3.75. The van der Waals surface area contributed by atoms with Gasteiger partial charge in [0.15, 0.2) is 16.7 Å². The Bertz CT molecular complexity index is 1110. The first-order valence-corrected chi connectivity index (χ1v) is 11.5. The van der Waals surface area contributed by atoms with Gasteiger partial charge < -0.3 is 10.1 Å². The second-order valence-corrected chi connectivity index (χ2v) is 9.06. The van der Waals surface area contributed by atoms with E-state index in [9.17, 15) is 17.6 Å². The fraction of sp³-hybridized carbons (Fsp3) is 0.158. The highest BCUT2D eigenvalue weighted by Gasteiger charge is 2.15. The molecule has 0 bridgehead atoms. The second kappa shape index (κ2) is 9.88. The van der Waals surface area contributed by atoms with Gasteiger partial charge in [-0.05, 0) is 48.9 Å². The van der Waals surface area contributed by atoms with E-state index in [1.54, 1.807) is 5.38 Å². The Morgan fingerprint density at radius 2 is 1.97 bits per heavy atom. The fourth-order valence-electron chi connectivity index (χ4n) is 2.40. The van der Waals surface area contributed by atoms with E-state index in [1.165, 1.54) is 53.9 Å². The summed E-state index contributed by atoms with van der Waals surface area (Å²) >= 11 is 6.85. The molecule has 11 heteroatoms. The molecule has 0 saturated heterocycles. The van der Waals surface area contributed by atoms with Crippen LogP contribution in [0.2, 0.25) is 5.02 Å². The molecule has 1 amide bonds. The molecule has 0 aliphatic carbocycles. The first-order valence-electron chi connectivity index (χ1n) is 8.73. The quantitative estimate of drug-likeness (QED) is 0.448. The number of ether oxygens (including phenoxy) is 1. The van der Waals surface area contributed by atoms with Gasteiger partial charge in [-0.2, -0.15) is 0 Å². The van der Waals surface area contributed by atoms with Crippen LogP contribution in [0.25, 0.3) is 0 Å². The summed E-state index contributed by atoms with van der Waals surface area (Å²) < 4.78 is 45.9. The van der Waals surface area contributed by atoms with Crippen molar-refractivity contribution in [2.24, 2.45) is 0 Å². The van der Waals surface area contributed by atoms with Gasteiger partial charge in [0.05, 0.1) is 11.5 Å². The molecule has 0 fully saturated rings. The summed E-state index contributed by atoms with van der Waals surface area (Å²) in [6.07, 6.45) is 2.02. The Morgan fingerprint density at radius 3 is 2.63 bits per heavy atom. The van der Waals surface area contributed by atoms with Crippen LogP contribution in [0.1, 0.15) is 12.8 Å². The maximum Gasteiger partial charge on any atom is 0.263 e. The first kappa shape index (κ1) is 22.0. The average molecular weight is 470 g/mol. The summed E-state index contributed by atoms with van der Waals surface area (Å²) in [5.74, 6) is -0.763. The van der Waals surface area contributed by atoms with Crippen molar-refractivity contribution in [3.05, 3.63) is 64.9 Å². The topological polar surface area (TPSA) is 97.4 Å². The molecule has 2 aromatic carbocycles. The minimum absolute atomic E-state index is 0.0501. The molecule has 158 valence electrons. The van der Waals surface area contributed by atoms with Crippen LogP contribution in [0, 0.1) is 5.82 Å². The number of amides is 1. The van der Waals surface area contributed by atoms with Crippen molar-refractivity contribution in [1.82, 2.24) is 4.98 Å². The monoisotopic (exact) mass is 469 g/mol. The number of hydrogen-bond acceptors (Lipinski definition) is 6. The molecule has 0 spiro atoms. The van der Waals surface area contributed by atoms with Crippen molar-refractivity contribution >= 4 is 49.7 Å². The zero-order chi connectivity index (χ0) is 21.6. The van der Waals surface area contributed by atoms with E-state index in [0.717, 1.165) is 6.07 Å². The standard InChI is InChI=1S/C19H17ClFN3O4S2/c20-13-3-8-17(16(21)12-13)28-10-1-2-18(25)23-14-4-6-15(7-5-14)30(26,27)24-19-22-9-11-29-19/h3-9,11-12H,1-2,10H2,(H,22,24)(H,23,25). The minimum Gasteiger partial charge on any atom is -0.491 e. The lowest BCUT2D eigenvalue weighted by Gasteiger charge is -2.09. The highest BCUT2D eigenvalue weighted by atomic mass is 35.5. The predicted molar refractivity (Wildman–Crippen MR) is 114 cm³/mol. The maximum absolute atomic E-state index is 13.6. The Kier molecular flexibility index (Phi) is 7.24. The van der Waals surface area contributed by atoms with Crippen LogP contribution in [-0.4, -0.2) is 25.9 Å². The number of sulfonamides is 1. The SMILES string of the molecule is O=C(CCCOc1ccc(Cl)cc1F)Nc1ccc(S(=O)(=O)Nc2nccs2)cc1. The smallest absolute Gasteiger partial charge is 0.263 e. The van der Waals surface area contributed by atoms with E-state index in [0.29, 0.717) is 12.1 Å². The summed E-state index contributed by atoms with van der Waals surface area (Å²) in [6, 6.07) is 9.86.